The van der Waals surface area contributed by atoms with Crippen LogP contribution in [-0.4, -0.2) is 29.4 Å². The van der Waals surface area contributed by atoms with E-state index in [-0.39, 0.29) is 30.3 Å². The molecule has 1 N–H and O–H groups in total. The molecule has 1 aromatic heterocycles. The highest BCUT2D eigenvalue weighted by atomic mass is 16.5. The first kappa shape index (κ1) is 18.9. The van der Waals surface area contributed by atoms with Gasteiger partial charge in [-0.15, -0.1) is 0 Å². The molecular formula is C21H25N3O3. The van der Waals surface area contributed by atoms with Crippen LogP contribution in [-0.2, 0) is 16.1 Å². The third-order valence-corrected chi connectivity index (χ3v) is 4.49. The van der Waals surface area contributed by atoms with Crippen molar-refractivity contribution in [1.82, 2.24) is 10.3 Å². The van der Waals surface area contributed by atoms with E-state index in [1.54, 1.807) is 11.1 Å². The lowest BCUT2D eigenvalue weighted by Crippen LogP contribution is -2.32. The summed E-state index contributed by atoms with van der Waals surface area (Å²) in [6.45, 7) is 6.59. The lowest BCUT2D eigenvalue weighted by atomic mass is 10.1. The first-order valence-electron chi connectivity index (χ1n) is 9.19. The summed E-state index contributed by atoms with van der Waals surface area (Å²) in [6, 6.07) is 11.5. The molecule has 6 heteroatoms. The molecule has 0 aliphatic carbocycles. The van der Waals surface area contributed by atoms with Crippen LogP contribution in [0, 0.1) is 12.8 Å². The van der Waals surface area contributed by atoms with E-state index in [0.717, 1.165) is 16.8 Å². The molecule has 142 valence electrons. The van der Waals surface area contributed by atoms with Crippen LogP contribution in [0.25, 0.3) is 0 Å². The Balaban J connectivity index is 1.61. The van der Waals surface area contributed by atoms with Crippen LogP contribution >= 0.6 is 0 Å². The van der Waals surface area contributed by atoms with E-state index in [1.165, 1.54) is 0 Å². The van der Waals surface area contributed by atoms with Gasteiger partial charge in [0, 0.05) is 37.0 Å². The van der Waals surface area contributed by atoms with Crippen LogP contribution in [0.3, 0.4) is 0 Å². The van der Waals surface area contributed by atoms with Gasteiger partial charge in [0.25, 0.3) is 0 Å². The largest absolute Gasteiger partial charge is 0.475 e. The average molecular weight is 367 g/mol. The zero-order valence-corrected chi connectivity index (χ0v) is 15.9. The fourth-order valence-corrected chi connectivity index (χ4v) is 3.07. The van der Waals surface area contributed by atoms with Crippen molar-refractivity contribution in [3.05, 3.63) is 53.7 Å². The third kappa shape index (κ3) is 4.64. The predicted molar refractivity (Wildman–Crippen MR) is 103 cm³/mol. The van der Waals surface area contributed by atoms with E-state index >= 15 is 0 Å². The number of ether oxygens (including phenoxy) is 1. The van der Waals surface area contributed by atoms with Gasteiger partial charge < -0.3 is 15.0 Å². The Morgan fingerprint density at radius 1 is 1.30 bits per heavy atom. The van der Waals surface area contributed by atoms with Crippen LogP contribution in [0.4, 0.5) is 5.69 Å². The molecule has 0 bridgehead atoms. The maximum absolute atomic E-state index is 12.6. The maximum atomic E-state index is 12.6. The number of hydrogen-bond donors (Lipinski definition) is 1. The first-order chi connectivity index (χ1) is 12.9. The second kappa shape index (κ2) is 8.20. The third-order valence-electron chi connectivity index (χ3n) is 4.49. The van der Waals surface area contributed by atoms with E-state index in [4.69, 9.17) is 4.74 Å². The van der Waals surface area contributed by atoms with Crippen LogP contribution in [0.2, 0.25) is 0 Å². The Hall–Kier alpha value is -2.89. The molecule has 1 unspecified atom stereocenters. The number of pyridine rings is 1. The first-order valence-corrected chi connectivity index (χ1v) is 9.19. The highest BCUT2D eigenvalue weighted by molar-refractivity contribution is 6.00. The van der Waals surface area contributed by atoms with Crippen LogP contribution in [0.5, 0.6) is 5.88 Å². The molecular weight excluding hydrogens is 342 g/mol. The van der Waals surface area contributed by atoms with Gasteiger partial charge in [-0.3, -0.25) is 9.59 Å². The summed E-state index contributed by atoms with van der Waals surface area (Å²) in [7, 11) is 0. The van der Waals surface area contributed by atoms with E-state index in [9.17, 15) is 9.59 Å². The van der Waals surface area contributed by atoms with Gasteiger partial charge >= 0.3 is 0 Å². The number of aryl methyl sites for hydroxylation is 1. The average Bonchev–Trinajstić information content (AvgIpc) is 3.03. The van der Waals surface area contributed by atoms with Crippen molar-refractivity contribution in [1.29, 1.82) is 0 Å². The van der Waals surface area contributed by atoms with Crippen LogP contribution in [0.15, 0.2) is 42.6 Å². The summed E-state index contributed by atoms with van der Waals surface area (Å²) in [5, 5.41) is 2.92. The summed E-state index contributed by atoms with van der Waals surface area (Å²) >= 11 is 0. The zero-order chi connectivity index (χ0) is 19.4. The quantitative estimate of drug-likeness (QED) is 0.852. The molecule has 1 aromatic carbocycles. The van der Waals surface area contributed by atoms with Crippen molar-refractivity contribution in [2.24, 2.45) is 5.92 Å². The second-order valence-corrected chi connectivity index (χ2v) is 7.09. The van der Waals surface area contributed by atoms with Crippen LogP contribution < -0.4 is 15.0 Å². The molecule has 2 amide bonds. The van der Waals surface area contributed by atoms with Gasteiger partial charge in [0.1, 0.15) is 0 Å². The lowest BCUT2D eigenvalue weighted by Gasteiger charge is -2.17. The lowest BCUT2D eigenvalue weighted by molar-refractivity contribution is -0.126. The Kier molecular flexibility index (Phi) is 5.74. The maximum Gasteiger partial charge on any atom is 0.227 e. The van der Waals surface area contributed by atoms with Gasteiger partial charge in [-0.25, -0.2) is 4.98 Å². The highest BCUT2D eigenvalue weighted by Gasteiger charge is 2.35. The number of rotatable bonds is 6. The van der Waals surface area contributed by atoms with Gasteiger partial charge in [0.05, 0.1) is 12.0 Å². The van der Waals surface area contributed by atoms with E-state index in [2.05, 4.69) is 10.3 Å². The summed E-state index contributed by atoms with van der Waals surface area (Å²) in [5.74, 6) is 0.0167. The number of carbonyl (C=O) groups excluding carboxylic acids is 2. The molecule has 6 nitrogen and oxygen atoms in total. The van der Waals surface area contributed by atoms with Gasteiger partial charge in [0.2, 0.25) is 17.7 Å². The van der Waals surface area contributed by atoms with Gasteiger partial charge in [-0.1, -0.05) is 23.8 Å². The number of hydrogen-bond acceptors (Lipinski definition) is 4. The number of amides is 2. The number of nitrogens with one attached hydrogen (secondary N) is 1. The molecule has 0 radical (unpaired) electrons. The monoisotopic (exact) mass is 367 g/mol. The molecule has 3 rings (SSSR count). The standard InChI is InChI=1S/C21H25N3O3/c1-14(2)27-21-16(5-4-10-22-21)12-23-20(26)17-11-19(25)24(13-17)18-8-6-15(3)7-9-18/h4-10,14,17H,11-13H2,1-3H3,(H,23,26). The molecule has 0 saturated carbocycles. The minimum absolute atomic E-state index is 0.00451. The van der Waals surface area contributed by atoms with Crippen LogP contribution in [0.1, 0.15) is 31.4 Å². The molecule has 1 fully saturated rings. The Labute approximate surface area is 159 Å². The molecule has 1 saturated heterocycles. The zero-order valence-electron chi connectivity index (χ0n) is 15.9. The van der Waals surface area contributed by atoms with Gasteiger partial charge in [-0.05, 0) is 39.0 Å². The summed E-state index contributed by atoms with van der Waals surface area (Å²) in [6.07, 6.45) is 1.89. The molecule has 27 heavy (non-hydrogen) atoms. The van der Waals surface area contributed by atoms with Crippen molar-refractivity contribution >= 4 is 17.5 Å². The number of anilines is 1. The van der Waals surface area contributed by atoms with E-state index in [1.807, 2.05) is 57.2 Å². The molecule has 1 aliphatic rings. The van der Waals surface area contributed by atoms with Crippen molar-refractivity contribution in [2.45, 2.75) is 39.8 Å². The predicted octanol–water partition coefficient (Wildman–Crippen LogP) is 2.85. The summed E-state index contributed by atoms with van der Waals surface area (Å²) in [5.41, 5.74) is 2.79. The number of nitrogens with zero attached hydrogens (tertiary/aromatic N) is 2. The summed E-state index contributed by atoms with van der Waals surface area (Å²) in [4.78, 5) is 30.8. The summed E-state index contributed by atoms with van der Waals surface area (Å²) < 4.78 is 5.68. The van der Waals surface area contributed by atoms with Crippen molar-refractivity contribution in [3.8, 4) is 5.88 Å². The molecule has 1 atom stereocenters. The van der Waals surface area contributed by atoms with Crippen molar-refractivity contribution in [2.75, 3.05) is 11.4 Å². The fraction of sp³-hybridized carbons (Fsp3) is 0.381. The van der Waals surface area contributed by atoms with E-state index < -0.39 is 0 Å². The van der Waals surface area contributed by atoms with Crippen molar-refractivity contribution < 1.29 is 14.3 Å². The van der Waals surface area contributed by atoms with Gasteiger partial charge in [-0.2, -0.15) is 0 Å². The number of carbonyl (C=O) groups is 2. The normalized spacial score (nSPS) is 16.7. The number of benzene rings is 1. The van der Waals surface area contributed by atoms with Crippen molar-refractivity contribution in [3.63, 3.8) is 0 Å². The topological polar surface area (TPSA) is 71.5 Å². The molecule has 2 aromatic rings. The Morgan fingerprint density at radius 2 is 2.04 bits per heavy atom. The van der Waals surface area contributed by atoms with E-state index in [0.29, 0.717) is 19.0 Å². The second-order valence-electron chi connectivity index (χ2n) is 7.09. The Bertz CT molecular complexity index is 818. The minimum atomic E-state index is -0.357. The molecule has 1 aliphatic heterocycles. The molecule has 2 heterocycles. The SMILES string of the molecule is Cc1ccc(N2CC(C(=O)NCc3cccnc3OC(C)C)CC2=O)cc1. The minimum Gasteiger partial charge on any atom is -0.475 e. The smallest absolute Gasteiger partial charge is 0.227 e. The number of aromatic nitrogens is 1. The fourth-order valence-electron chi connectivity index (χ4n) is 3.07. The molecule has 0 spiro atoms. The highest BCUT2D eigenvalue weighted by Crippen LogP contribution is 2.25. The van der Waals surface area contributed by atoms with Gasteiger partial charge in [0.15, 0.2) is 0 Å². The Morgan fingerprint density at radius 3 is 2.74 bits per heavy atom.